The Labute approximate surface area is 110 Å². The van der Waals surface area contributed by atoms with Crippen molar-refractivity contribution in [1.29, 1.82) is 0 Å². The molecular weight excluding hydrogens is 247 g/mol. The van der Waals surface area contributed by atoms with Crippen LogP contribution in [0.25, 0.3) is 0 Å². The summed E-state index contributed by atoms with van der Waals surface area (Å²) < 4.78 is 15.0. The van der Waals surface area contributed by atoms with Crippen molar-refractivity contribution < 1.29 is 9.18 Å². The number of carbonyl (C=O) groups is 1. The third kappa shape index (κ3) is 3.89. The molecule has 1 aromatic carbocycles. The number of hydrogen-bond acceptors (Lipinski definition) is 3. The molecule has 1 aromatic heterocycles. The van der Waals surface area contributed by atoms with E-state index in [2.05, 4.69) is 15.7 Å². The molecule has 0 radical (unpaired) electrons. The predicted molar refractivity (Wildman–Crippen MR) is 69.9 cm³/mol. The zero-order valence-corrected chi connectivity index (χ0v) is 10.6. The number of hydrogen-bond donors (Lipinski definition) is 2. The lowest BCUT2D eigenvalue weighted by atomic mass is 10.3. The normalized spacial score (nSPS) is 10.4. The first-order valence-electron chi connectivity index (χ1n) is 5.88. The SMILES string of the molecule is Cn1cc(CNCC(=O)Nc2ccccc2F)cn1. The lowest BCUT2D eigenvalue weighted by Crippen LogP contribution is -2.27. The average Bonchev–Trinajstić information content (AvgIpc) is 2.78. The highest BCUT2D eigenvalue weighted by Crippen LogP contribution is 2.11. The molecule has 6 heteroatoms. The molecule has 1 amide bonds. The Hall–Kier alpha value is -2.21. The zero-order valence-electron chi connectivity index (χ0n) is 10.6. The lowest BCUT2D eigenvalue weighted by molar-refractivity contribution is -0.115. The Morgan fingerprint density at radius 2 is 2.21 bits per heavy atom. The predicted octanol–water partition coefficient (Wildman–Crippen LogP) is 1.29. The van der Waals surface area contributed by atoms with Crippen LogP contribution in [0.5, 0.6) is 0 Å². The van der Waals surface area contributed by atoms with Gasteiger partial charge in [-0.25, -0.2) is 4.39 Å². The second-order valence-corrected chi connectivity index (χ2v) is 4.15. The third-order valence-electron chi connectivity index (χ3n) is 2.52. The number of nitrogens with one attached hydrogen (secondary N) is 2. The minimum Gasteiger partial charge on any atom is -0.322 e. The lowest BCUT2D eigenvalue weighted by Gasteiger charge is -2.06. The molecule has 0 bridgehead atoms. The van der Waals surface area contributed by atoms with E-state index in [0.29, 0.717) is 6.54 Å². The number of para-hydroxylation sites is 1. The van der Waals surface area contributed by atoms with Crippen LogP contribution in [-0.2, 0) is 18.4 Å². The highest BCUT2D eigenvalue weighted by Gasteiger charge is 2.05. The van der Waals surface area contributed by atoms with E-state index in [9.17, 15) is 9.18 Å². The number of carbonyl (C=O) groups excluding carboxylic acids is 1. The molecule has 2 aromatic rings. The number of benzene rings is 1. The van der Waals surface area contributed by atoms with Gasteiger partial charge in [-0.05, 0) is 12.1 Å². The number of aryl methyl sites for hydroxylation is 1. The van der Waals surface area contributed by atoms with E-state index in [1.807, 2.05) is 13.2 Å². The summed E-state index contributed by atoms with van der Waals surface area (Å²) in [6, 6.07) is 6.07. The van der Waals surface area contributed by atoms with Gasteiger partial charge in [0.15, 0.2) is 0 Å². The van der Waals surface area contributed by atoms with Crippen LogP contribution in [-0.4, -0.2) is 22.2 Å². The molecule has 0 aliphatic carbocycles. The van der Waals surface area contributed by atoms with Crippen molar-refractivity contribution in [3.05, 3.63) is 48.0 Å². The van der Waals surface area contributed by atoms with Gasteiger partial charge in [0.2, 0.25) is 5.91 Å². The summed E-state index contributed by atoms with van der Waals surface area (Å²) in [5, 5.41) is 9.49. The number of anilines is 1. The van der Waals surface area contributed by atoms with Crippen molar-refractivity contribution in [2.45, 2.75) is 6.54 Å². The summed E-state index contributed by atoms with van der Waals surface area (Å²) in [6.07, 6.45) is 3.59. The third-order valence-corrected chi connectivity index (χ3v) is 2.52. The van der Waals surface area contributed by atoms with E-state index in [1.54, 1.807) is 23.0 Å². The monoisotopic (exact) mass is 262 g/mol. The van der Waals surface area contributed by atoms with Crippen LogP contribution in [0.15, 0.2) is 36.7 Å². The van der Waals surface area contributed by atoms with Crippen molar-refractivity contribution >= 4 is 11.6 Å². The summed E-state index contributed by atoms with van der Waals surface area (Å²) in [7, 11) is 1.83. The van der Waals surface area contributed by atoms with E-state index in [4.69, 9.17) is 0 Å². The highest BCUT2D eigenvalue weighted by molar-refractivity contribution is 5.92. The molecule has 0 saturated carbocycles. The minimum atomic E-state index is -0.442. The molecule has 2 N–H and O–H groups in total. The molecule has 0 unspecified atom stereocenters. The molecule has 1 heterocycles. The first-order chi connectivity index (χ1) is 9.15. The molecule has 5 nitrogen and oxygen atoms in total. The highest BCUT2D eigenvalue weighted by atomic mass is 19.1. The van der Waals surface area contributed by atoms with Gasteiger partial charge in [0.25, 0.3) is 0 Å². The van der Waals surface area contributed by atoms with Gasteiger partial charge < -0.3 is 10.6 Å². The van der Waals surface area contributed by atoms with E-state index < -0.39 is 5.82 Å². The smallest absolute Gasteiger partial charge is 0.238 e. The van der Waals surface area contributed by atoms with Gasteiger partial charge in [0.05, 0.1) is 18.4 Å². The summed E-state index contributed by atoms with van der Waals surface area (Å²) in [5.41, 5.74) is 1.18. The second kappa shape index (κ2) is 6.10. The van der Waals surface area contributed by atoms with E-state index >= 15 is 0 Å². The van der Waals surface area contributed by atoms with Gasteiger partial charge in [-0.2, -0.15) is 5.10 Å². The molecule has 0 aliphatic heterocycles. The van der Waals surface area contributed by atoms with E-state index in [-0.39, 0.29) is 18.1 Å². The Morgan fingerprint density at radius 3 is 2.89 bits per heavy atom. The fraction of sp³-hybridized carbons (Fsp3) is 0.231. The second-order valence-electron chi connectivity index (χ2n) is 4.15. The molecule has 0 saturated heterocycles. The molecule has 0 fully saturated rings. The van der Waals surface area contributed by atoms with Crippen LogP contribution >= 0.6 is 0 Å². The fourth-order valence-electron chi connectivity index (χ4n) is 1.64. The first kappa shape index (κ1) is 13.2. The fourth-order valence-corrected chi connectivity index (χ4v) is 1.64. The van der Waals surface area contributed by atoms with Crippen LogP contribution in [0.3, 0.4) is 0 Å². The summed E-state index contributed by atoms with van der Waals surface area (Å²) in [6.45, 7) is 0.655. The van der Waals surface area contributed by atoms with Gasteiger partial charge in [-0.1, -0.05) is 12.1 Å². The first-order valence-corrected chi connectivity index (χ1v) is 5.88. The maximum absolute atomic E-state index is 13.3. The van der Waals surface area contributed by atoms with Crippen LogP contribution in [0, 0.1) is 5.82 Å². The van der Waals surface area contributed by atoms with Gasteiger partial charge in [-0.15, -0.1) is 0 Å². The molecule has 0 atom stereocenters. The minimum absolute atomic E-state index is 0.114. The molecule has 0 aliphatic rings. The van der Waals surface area contributed by atoms with Crippen molar-refractivity contribution in [3.8, 4) is 0 Å². The van der Waals surface area contributed by atoms with Gasteiger partial charge in [0.1, 0.15) is 5.82 Å². The number of halogens is 1. The Bertz CT molecular complexity index is 567. The molecular formula is C13H15FN4O. The van der Waals surface area contributed by atoms with Crippen molar-refractivity contribution in [2.75, 3.05) is 11.9 Å². The van der Waals surface area contributed by atoms with Crippen molar-refractivity contribution in [3.63, 3.8) is 0 Å². The molecule has 0 spiro atoms. The molecule has 2 rings (SSSR count). The van der Waals surface area contributed by atoms with Gasteiger partial charge in [0, 0.05) is 25.4 Å². The summed E-state index contributed by atoms with van der Waals surface area (Å²) >= 11 is 0. The number of amides is 1. The average molecular weight is 262 g/mol. The molecule has 100 valence electrons. The van der Waals surface area contributed by atoms with Crippen LogP contribution in [0.1, 0.15) is 5.56 Å². The standard InChI is InChI=1S/C13H15FN4O/c1-18-9-10(7-16-18)6-15-8-13(19)17-12-5-3-2-4-11(12)14/h2-5,7,9,15H,6,8H2,1H3,(H,17,19). The van der Waals surface area contributed by atoms with Crippen LogP contribution in [0.4, 0.5) is 10.1 Å². The van der Waals surface area contributed by atoms with Crippen LogP contribution in [0.2, 0.25) is 0 Å². The molecule has 19 heavy (non-hydrogen) atoms. The summed E-state index contributed by atoms with van der Waals surface area (Å²) in [4.78, 5) is 11.6. The summed E-state index contributed by atoms with van der Waals surface area (Å²) in [5.74, 6) is -0.725. The number of aromatic nitrogens is 2. The maximum atomic E-state index is 13.3. The Balaban J connectivity index is 1.77. The quantitative estimate of drug-likeness (QED) is 0.853. The van der Waals surface area contributed by atoms with Crippen LogP contribution < -0.4 is 10.6 Å². The Morgan fingerprint density at radius 1 is 1.42 bits per heavy atom. The number of rotatable bonds is 5. The topological polar surface area (TPSA) is 59.0 Å². The van der Waals surface area contributed by atoms with Crippen molar-refractivity contribution in [1.82, 2.24) is 15.1 Å². The van der Waals surface area contributed by atoms with Crippen molar-refractivity contribution in [2.24, 2.45) is 7.05 Å². The Kier molecular flexibility index (Phi) is 4.25. The largest absolute Gasteiger partial charge is 0.322 e. The van der Waals surface area contributed by atoms with Gasteiger partial charge >= 0.3 is 0 Å². The van der Waals surface area contributed by atoms with E-state index in [1.165, 1.54) is 12.1 Å². The van der Waals surface area contributed by atoms with E-state index in [0.717, 1.165) is 5.56 Å². The zero-order chi connectivity index (χ0) is 13.7. The maximum Gasteiger partial charge on any atom is 0.238 e. The van der Waals surface area contributed by atoms with Gasteiger partial charge in [-0.3, -0.25) is 9.48 Å². The number of nitrogens with zero attached hydrogens (tertiary/aromatic N) is 2.